The lowest BCUT2D eigenvalue weighted by Crippen LogP contribution is -2.01. The van der Waals surface area contributed by atoms with Gasteiger partial charge >= 0.3 is 0 Å². The first-order valence-corrected chi connectivity index (χ1v) is 5.64. The van der Waals surface area contributed by atoms with Crippen LogP contribution in [-0.2, 0) is 13.0 Å². The molecule has 2 heterocycles. The van der Waals surface area contributed by atoms with E-state index in [1.54, 1.807) is 12.4 Å². The van der Waals surface area contributed by atoms with Gasteiger partial charge in [0.15, 0.2) is 5.82 Å². The highest BCUT2D eigenvalue weighted by Gasteiger charge is 2.09. The molecule has 2 aromatic heterocycles. The largest absolute Gasteiger partial charge is 0.390 e. The molecule has 0 aliphatic rings. The quantitative estimate of drug-likeness (QED) is 0.873. The standard InChI is InChI=1S/C13H15N3O/c1-3-10-5-4-6-14-12(10)13-15-7-9(2)11(8-17)16-13/h4-7,17H,3,8H2,1-2H3. The third-order valence-electron chi connectivity index (χ3n) is 2.71. The Hall–Kier alpha value is -1.81. The molecule has 4 heteroatoms. The minimum atomic E-state index is -0.0738. The van der Waals surface area contributed by atoms with Crippen LogP contribution in [0.15, 0.2) is 24.5 Å². The highest BCUT2D eigenvalue weighted by atomic mass is 16.3. The number of hydrogen-bond donors (Lipinski definition) is 1. The Morgan fingerprint density at radius 2 is 2.12 bits per heavy atom. The van der Waals surface area contributed by atoms with Crippen molar-refractivity contribution in [2.45, 2.75) is 26.9 Å². The smallest absolute Gasteiger partial charge is 0.178 e. The van der Waals surface area contributed by atoms with Crippen molar-refractivity contribution in [3.8, 4) is 11.5 Å². The maximum atomic E-state index is 9.21. The first-order valence-electron chi connectivity index (χ1n) is 5.64. The molecule has 88 valence electrons. The summed E-state index contributed by atoms with van der Waals surface area (Å²) < 4.78 is 0. The van der Waals surface area contributed by atoms with Gasteiger partial charge in [-0.15, -0.1) is 0 Å². The predicted molar refractivity (Wildman–Crippen MR) is 65.3 cm³/mol. The van der Waals surface area contributed by atoms with Crippen LogP contribution in [0.5, 0.6) is 0 Å². The molecule has 0 radical (unpaired) electrons. The first-order chi connectivity index (χ1) is 8.26. The maximum absolute atomic E-state index is 9.21. The fourth-order valence-corrected chi connectivity index (χ4v) is 1.68. The average Bonchev–Trinajstić information content (AvgIpc) is 2.39. The molecule has 0 unspecified atom stereocenters. The van der Waals surface area contributed by atoms with E-state index < -0.39 is 0 Å². The zero-order chi connectivity index (χ0) is 12.3. The van der Waals surface area contributed by atoms with Crippen LogP contribution in [0, 0.1) is 6.92 Å². The molecule has 0 aromatic carbocycles. The Labute approximate surface area is 100 Å². The van der Waals surface area contributed by atoms with Gasteiger partial charge in [0.2, 0.25) is 0 Å². The summed E-state index contributed by atoms with van der Waals surface area (Å²) in [6.45, 7) is 3.88. The molecule has 0 amide bonds. The van der Waals surface area contributed by atoms with Gasteiger partial charge in [0.1, 0.15) is 5.69 Å². The molecule has 0 fully saturated rings. The van der Waals surface area contributed by atoms with Gasteiger partial charge in [-0.2, -0.15) is 0 Å². The number of rotatable bonds is 3. The fraction of sp³-hybridized carbons (Fsp3) is 0.308. The van der Waals surface area contributed by atoms with Gasteiger partial charge in [-0.25, -0.2) is 9.97 Å². The molecule has 2 aromatic rings. The molecular weight excluding hydrogens is 214 g/mol. The third-order valence-corrected chi connectivity index (χ3v) is 2.71. The summed E-state index contributed by atoms with van der Waals surface area (Å²) in [4.78, 5) is 12.9. The van der Waals surface area contributed by atoms with Crippen LogP contribution in [0.1, 0.15) is 23.7 Å². The van der Waals surface area contributed by atoms with Crippen LogP contribution >= 0.6 is 0 Å². The van der Waals surface area contributed by atoms with Gasteiger partial charge in [-0.1, -0.05) is 13.0 Å². The summed E-state index contributed by atoms with van der Waals surface area (Å²) in [7, 11) is 0. The minimum Gasteiger partial charge on any atom is -0.390 e. The Bertz CT molecular complexity index is 526. The zero-order valence-electron chi connectivity index (χ0n) is 10.0. The molecule has 0 aliphatic carbocycles. The van der Waals surface area contributed by atoms with Crippen LogP contribution < -0.4 is 0 Å². The molecule has 0 atom stereocenters. The van der Waals surface area contributed by atoms with Crippen molar-refractivity contribution in [2.24, 2.45) is 0 Å². The van der Waals surface area contributed by atoms with Gasteiger partial charge in [0, 0.05) is 12.4 Å². The minimum absolute atomic E-state index is 0.0738. The average molecular weight is 229 g/mol. The van der Waals surface area contributed by atoms with E-state index in [0.717, 1.165) is 23.2 Å². The van der Waals surface area contributed by atoms with Gasteiger partial charge in [-0.3, -0.25) is 4.98 Å². The van der Waals surface area contributed by atoms with E-state index in [1.165, 1.54) is 0 Å². The molecule has 0 saturated carbocycles. The number of nitrogens with zero attached hydrogens (tertiary/aromatic N) is 3. The highest BCUT2D eigenvalue weighted by Crippen LogP contribution is 2.18. The number of aryl methyl sites for hydroxylation is 2. The van der Waals surface area contributed by atoms with Crippen molar-refractivity contribution in [3.05, 3.63) is 41.3 Å². The molecule has 0 aliphatic heterocycles. The molecule has 1 N–H and O–H groups in total. The SMILES string of the molecule is CCc1cccnc1-c1ncc(C)c(CO)n1. The van der Waals surface area contributed by atoms with Crippen LogP contribution in [0.3, 0.4) is 0 Å². The molecule has 4 nitrogen and oxygen atoms in total. The zero-order valence-corrected chi connectivity index (χ0v) is 10.0. The summed E-state index contributed by atoms with van der Waals surface area (Å²) >= 11 is 0. The van der Waals surface area contributed by atoms with Crippen LogP contribution in [0.4, 0.5) is 0 Å². The number of aromatic nitrogens is 3. The van der Waals surface area contributed by atoms with E-state index >= 15 is 0 Å². The second kappa shape index (κ2) is 5.01. The molecule has 17 heavy (non-hydrogen) atoms. The third kappa shape index (κ3) is 2.31. The van der Waals surface area contributed by atoms with E-state index in [1.807, 2.05) is 19.1 Å². The lowest BCUT2D eigenvalue weighted by atomic mass is 10.1. The van der Waals surface area contributed by atoms with Gasteiger partial charge in [0.25, 0.3) is 0 Å². The summed E-state index contributed by atoms with van der Waals surface area (Å²) in [5, 5.41) is 9.21. The van der Waals surface area contributed by atoms with E-state index in [2.05, 4.69) is 21.9 Å². The lowest BCUT2D eigenvalue weighted by Gasteiger charge is -2.07. The van der Waals surface area contributed by atoms with Crippen molar-refractivity contribution in [3.63, 3.8) is 0 Å². The summed E-state index contributed by atoms with van der Waals surface area (Å²) in [6, 6.07) is 3.92. The Morgan fingerprint density at radius 3 is 2.82 bits per heavy atom. The van der Waals surface area contributed by atoms with Crippen LogP contribution in [0.25, 0.3) is 11.5 Å². The van der Waals surface area contributed by atoms with Crippen molar-refractivity contribution in [1.29, 1.82) is 0 Å². The highest BCUT2D eigenvalue weighted by molar-refractivity contribution is 5.54. The van der Waals surface area contributed by atoms with Crippen LogP contribution in [-0.4, -0.2) is 20.1 Å². The number of aliphatic hydroxyl groups is 1. The van der Waals surface area contributed by atoms with Crippen LogP contribution in [0.2, 0.25) is 0 Å². The Morgan fingerprint density at radius 1 is 1.29 bits per heavy atom. The topological polar surface area (TPSA) is 58.9 Å². The van der Waals surface area contributed by atoms with Crippen molar-refractivity contribution in [2.75, 3.05) is 0 Å². The normalized spacial score (nSPS) is 10.5. The second-order valence-corrected chi connectivity index (χ2v) is 3.85. The first kappa shape index (κ1) is 11.7. The van der Waals surface area contributed by atoms with Gasteiger partial charge in [-0.05, 0) is 30.5 Å². The molecule has 0 bridgehead atoms. The number of pyridine rings is 1. The second-order valence-electron chi connectivity index (χ2n) is 3.85. The molecule has 0 spiro atoms. The molecular formula is C13H15N3O. The van der Waals surface area contributed by atoms with Crippen molar-refractivity contribution in [1.82, 2.24) is 15.0 Å². The monoisotopic (exact) mass is 229 g/mol. The summed E-state index contributed by atoms with van der Waals surface area (Å²) in [6.07, 6.45) is 4.34. The molecule has 2 rings (SSSR count). The van der Waals surface area contributed by atoms with E-state index in [9.17, 15) is 5.11 Å². The lowest BCUT2D eigenvalue weighted by molar-refractivity contribution is 0.276. The summed E-state index contributed by atoms with van der Waals surface area (Å²) in [5.41, 5.74) is 3.46. The predicted octanol–water partition coefficient (Wildman–Crippen LogP) is 1.90. The van der Waals surface area contributed by atoms with Gasteiger partial charge in [0.05, 0.1) is 12.3 Å². The molecule has 0 saturated heterocycles. The van der Waals surface area contributed by atoms with E-state index in [4.69, 9.17) is 0 Å². The number of aliphatic hydroxyl groups excluding tert-OH is 1. The maximum Gasteiger partial charge on any atom is 0.178 e. The van der Waals surface area contributed by atoms with E-state index in [0.29, 0.717) is 11.5 Å². The van der Waals surface area contributed by atoms with Gasteiger partial charge < -0.3 is 5.11 Å². The Kier molecular flexibility index (Phi) is 3.44. The Balaban J connectivity index is 2.53. The fourth-order valence-electron chi connectivity index (χ4n) is 1.68. The van der Waals surface area contributed by atoms with E-state index in [-0.39, 0.29) is 6.61 Å². The summed E-state index contributed by atoms with van der Waals surface area (Å²) in [5.74, 6) is 0.581. The van der Waals surface area contributed by atoms with Crippen molar-refractivity contribution >= 4 is 0 Å². The van der Waals surface area contributed by atoms with Crippen molar-refractivity contribution < 1.29 is 5.11 Å². The number of hydrogen-bond acceptors (Lipinski definition) is 4.